The molecule has 6 heteroatoms. The van der Waals surface area contributed by atoms with E-state index < -0.39 is 0 Å². The van der Waals surface area contributed by atoms with Crippen molar-refractivity contribution < 1.29 is 4.79 Å². The highest BCUT2D eigenvalue weighted by molar-refractivity contribution is 6.20. The Bertz CT molecular complexity index is 797. The van der Waals surface area contributed by atoms with Crippen LogP contribution < -0.4 is 10.6 Å². The predicted octanol–water partition coefficient (Wildman–Crippen LogP) is 2.15. The Morgan fingerprint density at radius 2 is 2.14 bits per heavy atom. The van der Waals surface area contributed by atoms with Crippen LogP contribution in [0.25, 0.3) is 0 Å². The van der Waals surface area contributed by atoms with E-state index in [1.54, 1.807) is 12.4 Å². The third-order valence-corrected chi connectivity index (χ3v) is 3.78. The van der Waals surface area contributed by atoms with E-state index in [4.69, 9.17) is 0 Å². The molecule has 0 radical (unpaired) electrons. The van der Waals surface area contributed by atoms with Crippen molar-refractivity contribution in [2.45, 2.75) is 13.3 Å². The first kappa shape index (κ1) is 12.0. The Morgan fingerprint density at radius 1 is 1.24 bits per heavy atom. The van der Waals surface area contributed by atoms with Crippen LogP contribution in [0.3, 0.4) is 0 Å². The lowest BCUT2D eigenvalue weighted by atomic mass is 10.1. The molecule has 6 nitrogen and oxygen atoms in total. The molecule has 2 aliphatic rings. The number of anilines is 3. The van der Waals surface area contributed by atoms with Crippen LogP contribution in [0, 0.1) is 0 Å². The van der Waals surface area contributed by atoms with Crippen molar-refractivity contribution in [1.29, 1.82) is 0 Å². The van der Waals surface area contributed by atoms with Crippen LogP contribution in [0.1, 0.15) is 28.4 Å². The molecule has 0 aliphatic carbocycles. The average Bonchev–Trinajstić information content (AvgIpc) is 3.06. The maximum atomic E-state index is 11.7. The number of nitrogens with zero attached hydrogens (tertiary/aromatic N) is 3. The van der Waals surface area contributed by atoms with Crippen molar-refractivity contribution in [3.05, 3.63) is 41.2 Å². The van der Waals surface area contributed by atoms with E-state index >= 15 is 0 Å². The Hall–Kier alpha value is -2.76. The zero-order chi connectivity index (χ0) is 14.4. The monoisotopic (exact) mass is 279 g/mol. The van der Waals surface area contributed by atoms with Crippen LogP contribution in [0.4, 0.5) is 17.3 Å². The molecular formula is C15H13N5O. The largest absolute Gasteiger partial charge is 0.369 e. The number of nitrogens with one attached hydrogen (secondary N) is 2. The van der Waals surface area contributed by atoms with E-state index in [0.717, 1.165) is 47.1 Å². The Balaban J connectivity index is 1.71. The Kier molecular flexibility index (Phi) is 2.50. The zero-order valence-corrected chi connectivity index (χ0v) is 11.5. The third kappa shape index (κ3) is 1.87. The predicted molar refractivity (Wildman–Crippen MR) is 80.5 cm³/mol. The number of carbonyl (C=O) groups is 1. The highest BCUT2D eigenvalue weighted by Gasteiger charge is 2.21. The first-order valence-corrected chi connectivity index (χ1v) is 6.81. The normalized spacial score (nSPS) is 15.3. The van der Waals surface area contributed by atoms with Gasteiger partial charge in [-0.3, -0.25) is 4.79 Å². The Morgan fingerprint density at radius 3 is 3.05 bits per heavy atom. The second-order valence-electron chi connectivity index (χ2n) is 5.11. The molecule has 3 heterocycles. The molecule has 0 atom stereocenters. The van der Waals surface area contributed by atoms with Crippen molar-refractivity contribution in [3.8, 4) is 0 Å². The van der Waals surface area contributed by atoms with E-state index in [1.807, 2.05) is 19.1 Å². The van der Waals surface area contributed by atoms with Gasteiger partial charge in [0, 0.05) is 29.1 Å². The molecule has 2 N–H and O–H groups in total. The maximum Gasteiger partial charge on any atom is 0.277 e. The molecule has 0 saturated heterocycles. The van der Waals surface area contributed by atoms with Crippen molar-refractivity contribution in [3.63, 3.8) is 0 Å². The van der Waals surface area contributed by atoms with Gasteiger partial charge in [0.05, 0.1) is 5.56 Å². The number of amides is 1. The summed E-state index contributed by atoms with van der Waals surface area (Å²) >= 11 is 0. The van der Waals surface area contributed by atoms with Gasteiger partial charge in [0.2, 0.25) is 0 Å². The van der Waals surface area contributed by atoms with Crippen molar-refractivity contribution in [2.24, 2.45) is 4.99 Å². The van der Waals surface area contributed by atoms with Crippen LogP contribution in [0.2, 0.25) is 0 Å². The quantitative estimate of drug-likeness (QED) is 0.880. The second-order valence-corrected chi connectivity index (χ2v) is 5.11. The topological polar surface area (TPSA) is 79.3 Å². The number of carbonyl (C=O) groups excluding carboxylic acids is 1. The molecule has 4 rings (SSSR count). The SMILES string of the molecule is CC1=NC(=O)c2ccc(Nc3ncnc4c3CCN4)cc21. The van der Waals surface area contributed by atoms with Crippen LogP contribution in [0.5, 0.6) is 0 Å². The number of rotatable bonds is 2. The van der Waals surface area contributed by atoms with Gasteiger partial charge in [0.25, 0.3) is 5.91 Å². The minimum absolute atomic E-state index is 0.166. The smallest absolute Gasteiger partial charge is 0.277 e. The number of hydrogen-bond donors (Lipinski definition) is 2. The van der Waals surface area contributed by atoms with E-state index in [1.165, 1.54) is 0 Å². The summed E-state index contributed by atoms with van der Waals surface area (Å²) in [6, 6.07) is 5.62. The van der Waals surface area contributed by atoms with Crippen molar-refractivity contribution in [1.82, 2.24) is 9.97 Å². The molecule has 0 bridgehead atoms. The first-order valence-electron chi connectivity index (χ1n) is 6.81. The summed E-state index contributed by atoms with van der Waals surface area (Å²) in [5.41, 5.74) is 4.29. The van der Waals surface area contributed by atoms with E-state index in [0.29, 0.717) is 5.56 Å². The highest BCUT2D eigenvalue weighted by atomic mass is 16.1. The summed E-state index contributed by atoms with van der Waals surface area (Å²) in [5, 5.41) is 6.54. The third-order valence-electron chi connectivity index (χ3n) is 3.78. The molecular weight excluding hydrogens is 266 g/mol. The van der Waals surface area contributed by atoms with Gasteiger partial charge in [0.15, 0.2) is 0 Å². The molecule has 2 aliphatic heterocycles. The summed E-state index contributed by atoms with van der Waals surface area (Å²) in [6.45, 7) is 2.73. The van der Waals surface area contributed by atoms with Gasteiger partial charge in [-0.2, -0.15) is 0 Å². The van der Waals surface area contributed by atoms with Gasteiger partial charge in [-0.15, -0.1) is 0 Å². The maximum absolute atomic E-state index is 11.7. The van der Waals surface area contributed by atoms with Crippen LogP contribution in [-0.2, 0) is 6.42 Å². The number of aliphatic imine (C=N–C) groups is 1. The number of benzene rings is 1. The molecule has 0 fully saturated rings. The minimum atomic E-state index is -0.166. The lowest BCUT2D eigenvalue weighted by molar-refractivity contribution is 0.101. The molecule has 104 valence electrons. The van der Waals surface area contributed by atoms with E-state index in [2.05, 4.69) is 25.6 Å². The van der Waals surface area contributed by atoms with E-state index in [-0.39, 0.29) is 5.91 Å². The second kappa shape index (κ2) is 4.37. The number of fused-ring (bicyclic) bond motifs is 2. The fraction of sp³-hybridized carbons (Fsp3) is 0.200. The van der Waals surface area contributed by atoms with Crippen LogP contribution in [-0.4, -0.2) is 28.1 Å². The van der Waals surface area contributed by atoms with Crippen LogP contribution in [0.15, 0.2) is 29.5 Å². The molecule has 1 aromatic heterocycles. The molecule has 1 amide bonds. The summed E-state index contributed by atoms with van der Waals surface area (Å²) in [5.74, 6) is 1.53. The van der Waals surface area contributed by atoms with Crippen LogP contribution >= 0.6 is 0 Å². The zero-order valence-electron chi connectivity index (χ0n) is 11.5. The number of hydrogen-bond acceptors (Lipinski definition) is 5. The van der Waals surface area contributed by atoms with Gasteiger partial charge in [-0.25, -0.2) is 15.0 Å². The lowest BCUT2D eigenvalue weighted by Crippen LogP contribution is -2.01. The van der Waals surface area contributed by atoms with Crippen molar-refractivity contribution >= 4 is 28.9 Å². The Labute approximate surface area is 121 Å². The van der Waals surface area contributed by atoms with Crippen molar-refractivity contribution in [2.75, 3.05) is 17.2 Å². The van der Waals surface area contributed by atoms with Gasteiger partial charge in [0.1, 0.15) is 18.0 Å². The molecule has 21 heavy (non-hydrogen) atoms. The lowest BCUT2D eigenvalue weighted by Gasteiger charge is -2.10. The molecule has 0 spiro atoms. The summed E-state index contributed by atoms with van der Waals surface area (Å²) in [4.78, 5) is 24.2. The minimum Gasteiger partial charge on any atom is -0.369 e. The number of aromatic nitrogens is 2. The fourth-order valence-electron chi connectivity index (χ4n) is 2.73. The van der Waals surface area contributed by atoms with Gasteiger partial charge in [-0.1, -0.05) is 0 Å². The summed E-state index contributed by atoms with van der Waals surface area (Å²) in [7, 11) is 0. The molecule has 0 unspecified atom stereocenters. The van der Waals surface area contributed by atoms with E-state index in [9.17, 15) is 4.79 Å². The summed E-state index contributed by atoms with van der Waals surface area (Å²) < 4.78 is 0. The highest BCUT2D eigenvalue weighted by Crippen LogP contribution is 2.29. The average molecular weight is 279 g/mol. The fourth-order valence-corrected chi connectivity index (χ4v) is 2.73. The summed E-state index contributed by atoms with van der Waals surface area (Å²) in [6.07, 6.45) is 2.45. The molecule has 2 aromatic rings. The van der Waals surface area contributed by atoms with Gasteiger partial charge in [-0.05, 0) is 31.5 Å². The standard InChI is InChI=1S/C15H13N5O/c1-8-12-6-9(2-3-10(12)15(21)19-8)20-14-11-4-5-16-13(11)17-7-18-14/h2-3,6-7H,4-5H2,1H3,(H2,16,17,18,20). The van der Waals surface area contributed by atoms with Gasteiger partial charge < -0.3 is 10.6 Å². The molecule has 1 aromatic carbocycles. The van der Waals surface area contributed by atoms with Gasteiger partial charge >= 0.3 is 0 Å². The first-order chi connectivity index (χ1) is 10.2. The molecule has 0 saturated carbocycles.